The van der Waals surface area contributed by atoms with Crippen LogP contribution in [0.15, 0.2) is 59.9 Å². The summed E-state index contributed by atoms with van der Waals surface area (Å²) >= 11 is 1.19. The predicted octanol–water partition coefficient (Wildman–Crippen LogP) is 4.34. The first kappa shape index (κ1) is 22.9. The van der Waals surface area contributed by atoms with Gasteiger partial charge in [-0.1, -0.05) is 12.1 Å². The summed E-state index contributed by atoms with van der Waals surface area (Å²) in [4.78, 5) is 44.0. The molecule has 2 heterocycles. The zero-order chi connectivity index (χ0) is 24.6. The molecule has 8 nitrogen and oxygen atoms in total. The van der Waals surface area contributed by atoms with E-state index in [1.807, 2.05) is 6.07 Å². The number of esters is 1. The van der Waals surface area contributed by atoms with Crippen molar-refractivity contribution in [3.8, 4) is 11.8 Å². The van der Waals surface area contributed by atoms with Gasteiger partial charge in [0, 0.05) is 12.6 Å². The molecular formula is C25H19N3O5S. The zero-order valence-corrected chi connectivity index (χ0v) is 19.3. The molecule has 0 spiro atoms. The molecule has 1 aliphatic heterocycles. The number of thiazole rings is 1. The van der Waals surface area contributed by atoms with Crippen molar-refractivity contribution in [2.45, 2.75) is 26.8 Å². The Bertz CT molecular complexity index is 1380. The summed E-state index contributed by atoms with van der Waals surface area (Å²) in [5, 5.41) is 20.7. The number of ether oxygens (including phenoxy) is 1. The Labute approximate surface area is 199 Å². The Morgan fingerprint density at radius 1 is 1.12 bits per heavy atom. The molecule has 34 heavy (non-hydrogen) atoms. The highest BCUT2D eigenvalue weighted by Crippen LogP contribution is 2.43. The molecule has 2 aromatic carbocycles. The number of hydrogen-bond donors (Lipinski definition) is 1. The Morgan fingerprint density at radius 3 is 2.29 bits per heavy atom. The lowest BCUT2D eigenvalue weighted by molar-refractivity contribution is -0.131. The van der Waals surface area contributed by atoms with E-state index in [1.165, 1.54) is 23.2 Å². The van der Waals surface area contributed by atoms with E-state index < -0.39 is 29.5 Å². The van der Waals surface area contributed by atoms with E-state index in [1.54, 1.807) is 62.4 Å². The average molecular weight is 474 g/mol. The summed E-state index contributed by atoms with van der Waals surface area (Å²) in [6.45, 7) is 4.76. The molecule has 1 aliphatic rings. The number of Topliss-reactive ketones (excluding diaryl/α,β-unsaturated/α-hetero) is 1. The van der Waals surface area contributed by atoms with Gasteiger partial charge in [0.15, 0.2) is 5.76 Å². The van der Waals surface area contributed by atoms with Crippen molar-refractivity contribution < 1.29 is 24.2 Å². The summed E-state index contributed by atoms with van der Waals surface area (Å²) in [6.07, 6.45) is 0. The number of aliphatic hydroxyl groups excluding tert-OH is 1. The number of rotatable bonds is 5. The summed E-state index contributed by atoms with van der Waals surface area (Å²) in [6, 6.07) is 13.7. The Morgan fingerprint density at radius 2 is 1.76 bits per heavy atom. The van der Waals surface area contributed by atoms with Crippen LogP contribution in [0.25, 0.3) is 0 Å². The van der Waals surface area contributed by atoms with Crippen LogP contribution in [0, 0.1) is 25.2 Å². The number of carbonyl (C=O) groups is 3. The smallest absolute Gasteiger partial charge is 0.308 e. The number of anilines is 1. The fourth-order valence-electron chi connectivity index (χ4n) is 3.86. The van der Waals surface area contributed by atoms with Crippen LogP contribution in [0.2, 0.25) is 0 Å². The second-order valence-corrected chi connectivity index (χ2v) is 8.84. The zero-order valence-electron chi connectivity index (χ0n) is 18.5. The highest BCUT2D eigenvalue weighted by atomic mass is 32.1. The van der Waals surface area contributed by atoms with Crippen LogP contribution < -0.4 is 9.64 Å². The van der Waals surface area contributed by atoms with Crippen molar-refractivity contribution in [1.82, 2.24) is 4.98 Å². The lowest BCUT2D eigenvalue weighted by Crippen LogP contribution is -2.31. The quantitative estimate of drug-likeness (QED) is 0.332. The lowest BCUT2D eigenvalue weighted by atomic mass is 9.94. The second kappa shape index (κ2) is 8.92. The van der Waals surface area contributed by atoms with Crippen LogP contribution in [0.1, 0.15) is 44.5 Å². The largest absolute Gasteiger partial charge is 0.503 e. The third kappa shape index (κ3) is 4.07. The van der Waals surface area contributed by atoms with Gasteiger partial charge in [-0.2, -0.15) is 5.26 Å². The monoisotopic (exact) mass is 473 g/mol. The summed E-state index contributed by atoms with van der Waals surface area (Å²) in [5.41, 5.74) is 1.79. The molecule has 0 saturated carbocycles. The van der Waals surface area contributed by atoms with Gasteiger partial charge in [0.25, 0.3) is 5.91 Å². The van der Waals surface area contributed by atoms with Gasteiger partial charge in [0.1, 0.15) is 5.75 Å². The summed E-state index contributed by atoms with van der Waals surface area (Å²) < 4.78 is 5.09. The van der Waals surface area contributed by atoms with Crippen molar-refractivity contribution in [1.29, 1.82) is 5.26 Å². The number of aliphatic hydroxyl groups is 1. The number of carbonyl (C=O) groups excluding carboxylic acids is 3. The van der Waals surface area contributed by atoms with E-state index >= 15 is 0 Å². The number of nitriles is 1. The summed E-state index contributed by atoms with van der Waals surface area (Å²) in [7, 11) is 0. The molecule has 0 aliphatic carbocycles. The van der Waals surface area contributed by atoms with Gasteiger partial charge < -0.3 is 9.84 Å². The van der Waals surface area contributed by atoms with Crippen LogP contribution in [0.3, 0.4) is 0 Å². The van der Waals surface area contributed by atoms with Crippen molar-refractivity contribution in [3.05, 3.63) is 86.6 Å². The van der Waals surface area contributed by atoms with E-state index in [0.717, 1.165) is 0 Å². The highest BCUT2D eigenvalue weighted by Gasteiger charge is 2.45. The minimum atomic E-state index is -0.943. The number of aromatic nitrogens is 1. The molecule has 4 rings (SSSR count). The maximum Gasteiger partial charge on any atom is 0.308 e. The number of benzene rings is 2. The third-order valence-corrected chi connectivity index (χ3v) is 6.37. The van der Waals surface area contributed by atoms with E-state index in [4.69, 9.17) is 10.00 Å². The van der Waals surface area contributed by atoms with Crippen molar-refractivity contribution in [2.24, 2.45) is 0 Å². The first-order valence-electron chi connectivity index (χ1n) is 10.2. The highest BCUT2D eigenvalue weighted by molar-refractivity contribution is 7.14. The van der Waals surface area contributed by atoms with Crippen LogP contribution >= 0.6 is 11.3 Å². The van der Waals surface area contributed by atoms with Gasteiger partial charge in [-0.25, -0.2) is 4.98 Å². The van der Waals surface area contributed by atoms with Crippen molar-refractivity contribution in [3.63, 3.8) is 0 Å². The molecule has 1 unspecified atom stereocenters. The number of nitrogens with zero attached hydrogens (tertiary/aromatic N) is 3. The maximum atomic E-state index is 13.6. The molecule has 0 saturated heterocycles. The van der Waals surface area contributed by atoms with E-state index in [2.05, 4.69) is 4.98 Å². The standard InChI is InChI=1S/C25H19N3O5S/c1-13-24(34-14(2)27-13)22(30)20-21(17-6-10-19(11-7-17)33-15(3)29)28(25(32)23(20)31)18-8-4-16(12-26)5-9-18/h4-11,21,31H,1-3H3. The van der Waals surface area contributed by atoms with Crippen LogP contribution in [0.4, 0.5) is 5.69 Å². The molecule has 1 aromatic heterocycles. The molecular weight excluding hydrogens is 454 g/mol. The average Bonchev–Trinajstić information content (AvgIpc) is 3.29. The predicted molar refractivity (Wildman–Crippen MR) is 125 cm³/mol. The van der Waals surface area contributed by atoms with E-state index in [0.29, 0.717) is 38.1 Å². The van der Waals surface area contributed by atoms with Gasteiger partial charge in [-0.05, 0) is 55.8 Å². The number of amides is 1. The molecule has 1 amide bonds. The SMILES string of the molecule is CC(=O)Oc1ccc(C2C(C(=O)c3sc(C)nc3C)=C(O)C(=O)N2c2ccc(C#N)cc2)cc1. The van der Waals surface area contributed by atoms with E-state index in [-0.39, 0.29) is 5.57 Å². The van der Waals surface area contributed by atoms with Crippen LogP contribution in [-0.4, -0.2) is 27.8 Å². The van der Waals surface area contributed by atoms with Crippen molar-refractivity contribution in [2.75, 3.05) is 4.90 Å². The molecule has 3 aromatic rings. The number of hydrogen-bond acceptors (Lipinski definition) is 8. The number of ketones is 1. The normalized spacial score (nSPS) is 15.4. The van der Waals surface area contributed by atoms with Crippen molar-refractivity contribution >= 4 is 34.7 Å². The van der Waals surface area contributed by atoms with Crippen LogP contribution in [0.5, 0.6) is 5.75 Å². The Kier molecular flexibility index (Phi) is 6.01. The Balaban J connectivity index is 1.85. The molecule has 9 heteroatoms. The molecule has 1 N–H and O–H groups in total. The maximum absolute atomic E-state index is 13.6. The molecule has 0 bridgehead atoms. The molecule has 0 radical (unpaired) electrons. The lowest BCUT2D eigenvalue weighted by Gasteiger charge is -2.27. The van der Waals surface area contributed by atoms with E-state index in [9.17, 15) is 19.5 Å². The Hall–Kier alpha value is -4.29. The van der Waals surface area contributed by atoms with Gasteiger partial charge >= 0.3 is 5.97 Å². The van der Waals surface area contributed by atoms with Gasteiger partial charge in [-0.15, -0.1) is 11.3 Å². The minimum Gasteiger partial charge on any atom is -0.503 e. The molecule has 1 atom stereocenters. The molecule has 0 fully saturated rings. The first-order chi connectivity index (χ1) is 16.2. The first-order valence-corrected chi connectivity index (χ1v) is 11.1. The fourth-order valence-corrected chi connectivity index (χ4v) is 4.74. The fraction of sp³-hybridized carbons (Fsp3) is 0.160. The van der Waals surface area contributed by atoms with Crippen LogP contribution in [-0.2, 0) is 9.59 Å². The third-order valence-electron chi connectivity index (χ3n) is 5.29. The van der Waals surface area contributed by atoms with Gasteiger partial charge in [0.05, 0.1) is 38.8 Å². The minimum absolute atomic E-state index is 0.0682. The second-order valence-electron chi connectivity index (χ2n) is 7.64. The van der Waals surface area contributed by atoms with Gasteiger partial charge in [0.2, 0.25) is 5.78 Å². The summed E-state index contributed by atoms with van der Waals surface area (Å²) in [5.74, 6) is -2.04. The molecule has 170 valence electrons. The topological polar surface area (TPSA) is 121 Å². The van der Waals surface area contributed by atoms with Gasteiger partial charge in [-0.3, -0.25) is 19.3 Å². The number of aryl methyl sites for hydroxylation is 2.